The van der Waals surface area contributed by atoms with Crippen LogP contribution < -0.4 is 15.4 Å². The Balaban J connectivity index is 0.00000338. The van der Waals surface area contributed by atoms with Crippen molar-refractivity contribution < 1.29 is 9.53 Å². The number of rotatable bonds is 6. The maximum atomic E-state index is 11.9. The van der Waals surface area contributed by atoms with Gasteiger partial charge < -0.3 is 20.3 Å². The number of benzene rings is 1. The Morgan fingerprint density at radius 2 is 2.04 bits per heavy atom. The smallest absolute Gasteiger partial charge is 0.241 e. The van der Waals surface area contributed by atoms with E-state index in [4.69, 9.17) is 4.74 Å². The van der Waals surface area contributed by atoms with Crippen LogP contribution in [0.25, 0.3) is 0 Å². The second-order valence-corrected chi connectivity index (χ2v) is 7.30. The number of carbonyl (C=O) groups excluding carboxylic acids is 1. The third-order valence-electron chi connectivity index (χ3n) is 4.25. The molecule has 0 bridgehead atoms. The number of methoxy groups -OCH3 is 1. The standard InChI is InChI=1S/C18H27BrN4O2.HI/c1-23(2)17(24)12-21-18(22-15-6-4-5-7-15)20-11-13-10-14(19)8-9-16(13)25-3;/h8-10,15H,4-7,11-12H2,1-3H3,(H2,20,21,22);1H. The van der Waals surface area contributed by atoms with Crippen molar-refractivity contribution in [2.24, 2.45) is 4.99 Å². The summed E-state index contributed by atoms with van der Waals surface area (Å²) < 4.78 is 6.39. The van der Waals surface area contributed by atoms with Gasteiger partial charge in [0.25, 0.3) is 0 Å². The van der Waals surface area contributed by atoms with Crippen molar-refractivity contribution >= 4 is 51.8 Å². The van der Waals surface area contributed by atoms with Gasteiger partial charge in [0.2, 0.25) is 5.91 Å². The first-order valence-electron chi connectivity index (χ1n) is 8.57. The van der Waals surface area contributed by atoms with Crippen molar-refractivity contribution in [2.45, 2.75) is 38.3 Å². The minimum atomic E-state index is 0. The molecule has 1 aromatic carbocycles. The Labute approximate surface area is 181 Å². The van der Waals surface area contributed by atoms with Crippen molar-refractivity contribution in [1.82, 2.24) is 15.5 Å². The number of amides is 1. The van der Waals surface area contributed by atoms with Gasteiger partial charge in [0.05, 0.1) is 20.2 Å². The molecule has 0 atom stereocenters. The molecule has 0 aliphatic heterocycles. The van der Waals surface area contributed by atoms with Crippen LogP contribution in [0.5, 0.6) is 5.75 Å². The minimum absolute atomic E-state index is 0. The molecule has 26 heavy (non-hydrogen) atoms. The van der Waals surface area contributed by atoms with Crippen molar-refractivity contribution in [3.05, 3.63) is 28.2 Å². The molecule has 0 heterocycles. The molecular formula is C18H28BrIN4O2. The van der Waals surface area contributed by atoms with Crippen molar-refractivity contribution in [3.63, 3.8) is 0 Å². The molecule has 1 aromatic rings. The van der Waals surface area contributed by atoms with Gasteiger partial charge in [-0.25, -0.2) is 4.99 Å². The van der Waals surface area contributed by atoms with Gasteiger partial charge in [-0.2, -0.15) is 0 Å². The van der Waals surface area contributed by atoms with Crippen LogP contribution in [-0.4, -0.2) is 50.6 Å². The second kappa shape index (κ2) is 11.6. The van der Waals surface area contributed by atoms with Crippen LogP contribution in [0.4, 0.5) is 0 Å². The van der Waals surface area contributed by atoms with Crippen LogP contribution in [0, 0.1) is 0 Å². The summed E-state index contributed by atoms with van der Waals surface area (Å²) in [5.74, 6) is 1.49. The van der Waals surface area contributed by atoms with Crippen LogP contribution in [0.3, 0.4) is 0 Å². The van der Waals surface area contributed by atoms with E-state index < -0.39 is 0 Å². The molecule has 8 heteroatoms. The molecule has 0 spiro atoms. The van der Waals surface area contributed by atoms with E-state index in [0.717, 1.165) is 28.6 Å². The number of halogens is 2. The van der Waals surface area contributed by atoms with Gasteiger partial charge in [0.1, 0.15) is 5.75 Å². The maximum Gasteiger partial charge on any atom is 0.241 e. The van der Waals surface area contributed by atoms with Gasteiger partial charge in [-0.15, -0.1) is 24.0 Å². The lowest BCUT2D eigenvalue weighted by atomic mass is 10.2. The first-order valence-corrected chi connectivity index (χ1v) is 9.36. The van der Waals surface area contributed by atoms with Crippen LogP contribution in [0.15, 0.2) is 27.7 Å². The number of likely N-dealkylation sites (N-methyl/N-ethyl adjacent to an activating group) is 1. The van der Waals surface area contributed by atoms with Crippen molar-refractivity contribution in [1.29, 1.82) is 0 Å². The molecule has 0 saturated heterocycles. The Morgan fingerprint density at radius 1 is 1.35 bits per heavy atom. The van der Waals surface area contributed by atoms with Crippen LogP contribution in [0.1, 0.15) is 31.2 Å². The average Bonchev–Trinajstić information content (AvgIpc) is 3.10. The van der Waals surface area contributed by atoms with E-state index in [-0.39, 0.29) is 36.4 Å². The van der Waals surface area contributed by atoms with Gasteiger partial charge in [0, 0.05) is 30.2 Å². The Hall–Kier alpha value is -1.03. The normalized spacial score (nSPS) is 14.5. The van der Waals surface area contributed by atoms with Crippen molar-refractivity contribution in [3.8, 4) is 5.75 Å². The predicted molar refractivity (Wildman–Crippen MR) is 119 cm³/mol. The number of nitrogens with zero attached hydrogens (tertiary/aromatic N) is 2. The summed E-state index contributed by atoms with van der Waals surface area (Å²) in [4.78, 5) is 18.1. The molecule has 6 nitrogen and oxygen atoms in total. The lowest BCUT2D eigenvalue weighted by Crippen LogP contribution is -2.46. The number of ether oxygens (including phenoxy) is 1. The lowest BCUT2D eigenvalue weighted by Gasteiger charge is -2.18. The molecule has 1 aliphatic rings. The van der Waals surface area contributed by atoms with Gasteiger partial charge in [-0.1, -0.05) is 28.8 Å². The zero-order chi connectivity index (χ0) is 18.2. The maximum absolute atomic E-state index is 11.9. The number of aliphatic imine (C=N–C) groups is 1. The molecule has 1 saturated carbocycles. The summed E-state index contributed by atoms with van der Waals surface area (Å²) in [6, 6.07) is 6.28. The van der Waals surface area contributed by atoms with E-state index >= 15 is 0 Å². The van der Waals surface area contributed by atoms with E-state index in [9.17, 15) is 4.79 Å². The second-order valence-electron chi connectivity index (χ2n) is 6.39. The summed E-state index contributed by atoms with van der Waals surface area (Å²) in [7, 11) is 5.15. The average molecular weight is 539 g/mol. The highest BCUT2D eigenvalue weighted by Gasteiger charge is 2.17. The Bertz CT molecular complexity index is 619. The monoisotopic (exact) mass is 538 g/mol. The Morgan fingerprint density at radius 3 is 2.65 bits per heavy atom. The molecule has 0 unspecified atom stereocenters. The highest BCUT2D eigenvalue weighted by Crippen LogP contribution is 2.23. The van der Waals surface area contributed by atoms with Gasteiger partial charge in [-0.3, -0.25) is 4.79 Å². The number of hydrogen-bond acceptors (Lipinski definition) is 3. The number of nitrogens with one attached hydrogen (secondary N) is 2. The van der Waals surface area contributed by atoms with Crippen LogP contribution in [0.2, 0.25) is 0 Å². The zero-order valence-electron chi connectivity index (χ0n) is 15.5. The highest BCUT2D eigenvalue weighted by atomic mass is 127. The summed E-state index contributed by atoms with van der Waals surface area (Å²) in [6.45, 7) is 0.696. The summed E-state index contributed by atoms with van der Waals surface area (Å²) >= 11 is 3.48. The highest BCUT2D eigenvalue weighted by molar-refractivity contribution is 14.0. The molecule has 0 aromatic heterocycles. The van der Waals surface area contributed by atoms with E-state index in [1.165, 1.54) is 12.8 Å². The quantitative estimate of drug-likeness (QED) is 0.332. The zero-order valence-corrected chi connectivity index (χ0v) is 19.5. The molecule has 1 fully saturated rings. The SMILES string of the molecule is COc1ccc(Br)cc1CN=C(NCC(=O)N(C)C)NC1CCCC1.I. The molecule has 2 N–H and O–H groups in total. The van der Waals surface area contributed by atoms with Gasteiger partial charge >= 0.3 is 0 Å². The molecular weight excluding hydrogens is 511 g/mol. The molecule has 1 aliphatic carbocycles. The first-order chi connectivity index (χ1) is 12.0. The van der Waals surface area contributed by atoms with E-state index in [1.54, 1.807) is 26.1 Å². The van der Waals surface area contributed by atoms with E-state index in [2.05, 4.69) is 31.6 Å². The number of carbonyl (C=O) groups is 1. The first kappa shape index (κ1) is 23.0. The Kier molecular flexibility index (Phi) is 10.3. The van der Waals surface area contributed by atoms with Crippen molar-refractivity contribution in [2.75, 3.05) is 27.7 Å². The number of guanidine groups is 1. The topological polar surface area (TPSA) is 66.0 Å². The molecule has 0 radical (unpaired) electrons. The fourth-order valence-corrected chi connectivity index (χ4v) is 3.18. The van der Waals surface area contributed by atoms with Crippen LogP contribution in [-0.2, 0) is 11.3 Å². The van der Waals surface area contributed by atoms with Crippen LogP contribution >= 0.6 is 39.9 Å². The lowest BCUT2D eigenvalue weighted by molar-refractivity contribution is -0.127. The third kappa shape index (κ3) is 7.30. The van der Waals surface area contributed by atoms with E-state index in [0.29, 0.717) is 18.5 Å². The van der Waals surface area contributed by atoms with Gasteiger partial charge in [-0.05, 0) is 31.0 Å². The largest absolute Gasteiger partial charge is 0.496 e. The van der Waals surface area contributed by atoms with Gasteiger partial charge in [0.15, 0.2) is 5.96 Å². The number of hydrogen-bond donors (Lipinski definition) is 2. The molecule has 146 valence electrons. The van der Waals surface area contributed by atoms with E-state index in [1.807, 2.05) is 18.2 Å². The molecule has 2 rings (SSSR count). The molecule has 1 amide bonds. The summed E-state index contributed by atoms with van der Waals surface area (Å²) in [5.41, 5.74) is 0.989. The predicted octanol–water partition coefficient (Wildman–Crippen LogP) is 3.14. The fraction of sp³-hybridized carbons (Fsp3) is 0.556. The minimum Gasteiger partial charge on any atom is -0.496 e. The summed E-state index contributed by atoms with van der Waals surface area (Å²) in [5, 5.41) is 6.59. The third-order valence-corrected chi connectivity index (χ3v) is 4.75. The fourth-order valence-electron chi connectivity index (χ4n) is 2.77. The summed E-state index contributed by atoms with van der Waals surface area (Å²) in [6.07, 6.45) is 4.76.